The van der Waals surface area contributed by atoms with E-state index in [-0.39, 0.29) is 12.4 Å². The Morgan fingerprint density at radius 1 is 0.862 bits per heavy atom. The summed E-state index contributed by atoms with van der Waals surface area (Å²) in [6.07, 6.45) is 1.00. The first-order valence-electron chi connectivity index (χ1n) is 9.14. The number of hydrogen-bond donors (Lipinski definition) is 1. The predicted molar refractivity (Wildman–Crippen MR) is 123 cm³/mol. The fourth-order valence-electron chi connectivity index (χ4n) is 2.85. The molecular formula is C23H24Cl3NO2. The van der Waals surface area contributed by atoms with Crippen molar-refractivity contribution < 1.29 is 9.47 Å². The van der Waals surface area contributed by atoms with E-state index in [0.29, 0.717) is 28.2 Å². The molecule has 0 aromatic heterocycles. The van der Waals surface area contributed by atoms with E-state index in [1.807, 2.05) is 30.3 Å². The van der Waals surface area contributed by atoms with Gasteiger partial charge in [0.15, 0.2) is 11.5 Å². The van der Waals surface area contributed by atoms with Crippen LogP contribution in [0.4, 0.5) is 0 Å². The Morgan fingerprint density at radius 2 is 1.66 bits per heavy atom. The minimum absolute atomic E-state index is 0. The van der Waals surface area contributed by atoms with Gasteiger partial charge in [-0.25, -0.2) is 0 Å². The lowest BCUT2D eigenvalue weighted by Crippen LogP contribution is -2.16. The molecule has 0 saturated heterocycles. The van der Waals surface area contributed by atoms with Crippen LogP contribution in [0.5, 0.6) is 11.5 Å². The van der Waals surface area contributed by atoms with Crippen LogP contribution in [0.1, 0.15) is 16.7 Å². The second-order valence-electron chi connectivity index (χ2n) is 6.42. The molecule has 1 N–H and O–H groups in total. The predicted octanol–water partition coefficient (Wildman–Crippen LogP) is 6.34. The van der Waals surface area contributed by atoms with E-state index >= 15 is 0 Å². The van der Waals surface area contributed by atoms with E-state index in [9.17, 15) is 0 Å². The van der Waals surface area contributed by atoms with Gasteiger partial charge in [-0.05, 0) is 48.4 Å². The van der Waals surface area contributed by atoms with Gasteiger partial charge in [0.25, 0.3) is 0 Å². The maximum Gasteiger partial charge on any atom is 0.161 e. The van der Waals surface area contributed by atoms with Crippen molar-refractivity contribution in [1.82, 2.24) is 5.32 Å². The molecule has 0 radical (unpaired) electrons. The standard InChI is InChI=1S/C23H23Cl2NO2.ClH/c1-27-23-13-18(15-26-12-11-17-5-3-2-4-6-17)7-10-22(23)28-16-19-8-9-20(24)14-21(19)25;/h2-10,13-14,26H,11-12,15-16H2,1H3;1H. The maximum absolute atomic E-state index is 6.21. The summed E-state index contributed by atoms with van der Waals surface area (Å²) in [6, 6.07) is 21.8. The highest BCUT2D eigenvalue weighted by Gasteiger charge is 2.08. The molecule has 3 rings (SSSR count). The number of rotatable bonds is 9. The van der Waals surface area contributed by atoms with Gasteiger partial charge in [0, 0.05) is 22.2 Å². The molecule has 6 heteroatoms. The van der Waals surface area contributed by atoms with E-state index in [2.05, 4.69) is 29.6 Å². The molecule has 154 valence electrons. The van der Waals surface area contributed by atoms with Crippen LogP contribution in [0, 0.1) is 0 Å². The van der Waals surface area contributed by atoms with Crippen molar-refractivity contribution in [1.29, 1.82) is 0 Å². The van der Waals surface area contributed by atoms with Crippen molar-refractivity contribution in [2.45, 2.75) is 19.6 Å². The molecule has 29 heavy (non-hydrogen) atoms. The first-order chi connectivity index (χ1) is 13.7. The monoisotopic (exact) mass is 451 g/mol. The summed E-state index contributed by atoms with van der Waals surface area (Å²) in [7, 11) is 1.64. The van der Waals surface area contributed by atoms with Gasteiger partial charge in [0.2, 0.25) is 0 Å². The van der Waals surface area contributed by atoms with Gasteiger partial charge in [0.05, 0.1) is 7.11 Å². The molecule has 0 aliphatic carbocycles. The molecule has 0 heterocycles. The van der Waals surface area contributed by atoms with Crippen molar-refractivity contribution in [3.63, 3.8) is 0 Å². The number of benzene rings is 3. The van der Waals surface area contributed by atoms with Gasteiger partial charge in [-0.3, -0.25) is 0 Å². The van der Waals surface area contributed by atoms with E-state index in [1.54, 1.807) is 19.2 Å². The summed E-state index contributed by atoms with van der Waals surface area (Å²) in [6.45, 7) is 2.03. The van der Waals surface area contributed by atoms with Crippen molar-refractivity contribution in [2.24, 2.45) is 0 Å². The zero-order valence-corrected chi connectivity index (χ0v) is 18.5. The molecule has 0 fully saturated rings. The van der Waals surface area contributed by atoms with Crippen LogP contribution in [0.3, 0.4) is 0 Å². The minimum atomic E-state index is 0. The van der Waals surface area contributed by atoms with Gasteiger partial charge in [-0.2, -0.15) is 0 Å². The third-order valence-electron chi connectivity index (χ3n) is 4.39. The SMILES string of the molecule is COc1cc(CNCCc2ccccc2)ccc1OCc1ccc(Cl)cc1Cl.Cl. The molecule has 3 nitrogen and oxygen atoms in total. The Balaban J connectivity index is 0.00000300. The number of nitrogens with one attached hydrogen (secondary N) is 1. The van der Waals surface area contributed by atoms with Crippen LogP contribution in [0.15, 0.2) is 66.7 Å². The smallest absolute Gasteiger partial charge is 0.161 e. The lowest BCUT2D eigenvalue weighted by atomic mass is 10.1. The minimum Gasteiger partial charge on any atom is -0.493 e. The second-order valence-corrected chi connectivity index (χ2v) is 7.27. The third kappa shape index (κ3) is 7.13. The van der Waals surface area contributed by atoms with Crippen LogP contribution in [-0.2, 0) is 19.6 Å². The second kappa shape index (κ2) is 11.9. The zero-order chi connectivity index (χ0) is 19.8. The summed E-state index contributed by atoms with van der Waals surface area (Å²) >= 11 is 12.1. The normalized spacial score (nSPS) is 10.3. The fourth-order valence-corrected chi connectivity index (χ4v) is 3.31. The highest BCUT2D eigenvalue weighted by molar-refractivity contribution is 6.35. The van der Waals surface area contributed by atoms with E-state index in [4.69, 9.17) is 32.7 Å². The number of ether oxygens (including phenoxy) is 2. The van der Waals surface area contributed by atoms with Gasteiger partial charge < -0.3 is 14.8 Å². The highest BCUT2D eigenvalue weighted by Crippen LogP contribution is 2.30. The molecule has 0 unspecified atom stereocenters. The molecular weight excluding hydrogens is 429 g/mol. The van der Waals surface area contributed by atoms with E-state index in [0.717, 1.165) is 30.6 Å². The maximum atomic E-state index is 6.21. The molecule has 0 aliphatic rings. The zero-order valence-electron chi connectivity index (χ0n) is 16.2. The van der Waals surface area contributed by atoms with Crippen molar-refractivity contribution in [3.8, 4) is 11.5 Å². The molecule has 0 amide bonds. The Labute approximate surface area is 188 Å². The van der Waals surface area contributed by atoms with Crippen LogP contribution in [-0.4, -0.2) is 13.7 Å². The van der Waals surface area contributed by atoms with E-state index < -0.39 is 0 Å². The van der Waals surface area contributed by atoms with E-state index in [1.165, 1.54) is 5.56 Å². The Kier molecular flexibility index (Phi) is 9.62. The number of methoxy groups -OCH3 is 1. The molecule has 0 spiro atoms. The lowest BCUT2D eigenvalue weighted by Gasteiger charge is -2.13. The number of hydrogen-bond acceptors (Lipinski definition) is 3. The average molecular weight is 453 g/mol. The van der Waals surface area contributed by atoms with Gasteiger partial charge in [-0.15, -0.1) is 12.4 Å². The molecule has 0 aliphatic heterocycles. The molecule has 0 saturated carbocycles. The molecule has 3 aromatic carbocycles. The summed E-state index contributed by atoms with van der Waals surface area (Å²) in [5, 5.41) is 4.66. The highest BCUT2D eigenvalue weighted by atomic mass is 35.5. The van der Waals surface area contributed by atoms with Crippen molar-refractivity contribution in [3.05, 3.63) is 93.5 Å². The lowest BCUT2D eigenvalue weighted by molar-refractivity contribution is 0.284. The van der Waals surface area contributed by atoms with Crippen molar-refractivity contribution >= 4 is 35.6 Å². The summed E-state index contributed by atoms with van der Waals surface area (Å²) < 4.78 is 11.4. The number of halogens is 3. The van der Waals surface area contributed by atoms with Crippen LogP contribution in [0.2, 0.25) is 10.0 Å². The Bertz CT molecular complexity index is 904. The Hall–Kier alpha value is -1.91. The molecule has 3 aromatic rings. The van der Waals surface area contributed by atoms with Crippen LogP contribution < -0.4 is 14.8 Å². The summed E-state index contributed by atoms with van der Waals surface area (Å²) in [5.74, 6) is 1.38. The fraction of sp³-hybridized carbons (Fsp3) is 0.217. The Morgan fingerprint density at radius 3 is 2.38 bits per heavy atom. The summed E-state index contributed by atoms with van der Waals surface area (Å²) in [4.78, 5) is 0. The topological polar surface area (TPSA) is 30.5 Å². The largest absolute Gasteiger partial charge is 0.493 e. The van der Waals surface area contributed by atoms with Crippen LogP contribution >= 0.6 is 35.6 Å². The molecule has 0 atom stereocenters. The van der Waals surface area contributed by atoms with Crippen LogP contribution in [0.25, 0.3) is 0 Å². The van der Waals surface area contributed by atoms with Crippen molar-refractivity contribution in [2.75, 3.05) is 13.7 Å². The first-order valence-corrected chi connectivity index (χ1v) is 9.89. The first kappa shape index (κ1) is 23.4. The molecule has 0 bridgehead atoms. The summed E-state index contributed by atoms with van der Waals surface area (Å²) in [5.41, 5.74) is 3.35. The van der Waals surface area contributed by atoms with Gasteiger partial charge in [0.1, 0.15) is 6.61 Å². The average Bonchev–Trinajstić information content (AvgIpc) is 2.72. The third-order valence-corrected chi connectivity index (χ3v) is 4.98. The van der Waals surface area contributed by atoms with Gasteiger partial charge in [-0.1, -0.05) is 65.7 Å². The quantitative estimate of drug-likeness (QED) is 0.384. The van der Waals surface area contributed by atoms with Gasteiger partial charge >= 0.3 is 0 Å².